The van der Waals surface area contributed by atoms with Gasteiger partial charge in [-0.05, 0) is 26.0 Å². The molecule has 0 aliphatic rings. The van der Waals surface area contributed by atoms with Crippen molar-refractivity contribution in [3.05, 3.63) is 22.7 Å². The lowest BCUT2D eigenvalue weighted by Crippen LogP contribution is -2.30. The van der Waals surface area contributed by atoms with E-state index in [4.69, 9.17) is 21.4 Å². The van der Waals surface area contributed by atoms with Crippen LogP contribution in [0.1, 0.15) is 24.2 Å². The summed E-state index contributed by atoms with van der Waals surface area (Å²) in [6.45, 7) is 2.64. The lowest BCUT2D eigenvalue weighted by molar-refractivity contribution is -0.143. The van der Waals surface area contributed by atoms with Crippen molar-refractivity contribution in [3.8, 4) is 5.75 Å². The summed E-state index contributed by atoms with van der Waals surface area (Å²) in [6.07, 6.45) is 0.943. The third-order valence-electron chi connectivity index (χ3n) is 2.93. The lowest BCUT2D eigenvalue weighted by Gasteiger charge is -2.15. The molecule has 0 aliphatic carbocycles. The number of ketones is 2. The highest BCUT2D eigenvalue weighted by molar-refractivity contribution is 7.90. The third kappa shape index (κ3) is 4.08. The van der Waals surface area contributed by atoms with E-state index in [9.17, 15) is 22.8 Å². The average Bonchev–Trinajstić information content (AvgIpc) is 2.38. The Morgan fingerprint density at radius 2 is 1.87 bits per heavy atom. The number of Topliss-reactive ketones (excluding diaryl/α,β-unsaturated/α-hetero) is 2. The predicted octanol–water partition coefficient (Wildman–Crippen LogP) is 1.61. The first-order valence-electron chi connectivity index (χ1n) is 6.45. The van der Waals surface area contributed by atoms with Crippen LogP contribution >= 0.6 is 11.6 Å². The molecule has 1 aromatic carbocycles. The van der Waals surface area contributed by atoms with Gasteiger partial charge in [-0.15, -0.1) is 0 Å². The first kappa shape index (κ1) is 19.1. The van der Waals surface area contributed by atoms with Crippen LogP contribution in [-0.2, 0) is 19.4 Å². The van der Waals surface area contributed by atoms with Crippen molar-refractivity contribution in [1.29, 1.82) is 0 Å². The van der Waals surface area contributed by atoms with E-state index in [0.29, 0.717) is 0 Å². The maximum Gasteiger partial charge on any atom is 0.322 e. The number of carboxylic acid groups (broad SMARTS) is 1. The Hall–Kier alpha value is -1.93. The zero-order valence-electron chi connectivity index (χ0n) is 12.6. The normalized spacial score (nSPS) is 12.5. The zero-order chi connectivity index (χ0) is 17.9. The second kappa shape index (κ2) is 7.10. The highest BCUT2D eigenvalue weighted by Gasteiger charge is 2.34. The summed E-state index contributed by atoms with van der Waals surface area (Å²) in [5, 5.41) is 8.67. The van der Waals surface area contributed by atoms with E-state index in [1.54, 1.807) is 6.92 Å². The molecule has 1 atom stereocenters. The summed E-state index contributed by atoms with van der Waals surface area (Å²) in [5.74, 6) is -5.65. The molecule has 1 N–H and O–H groups in total. The lowest BCUT2D eigenvalue weighted by atomic mass is 9.94. The summed E-state index contributed by atoms with van der Waals surface area (Å²) in [4.78, 5) is 34.5. The molecule has 1 unspecified atom stereocenters. The van der Waals surface area contributed by atoms with Crippen LogP contribution in [0.15, 0.2) is 17.0 Å². The van der Waals surface area contributed by atoms with Crippen LogP contribution < -0.4 is 4.74 Å². The Labute approximate surface area is 138 Å². The fourth-order valence-corrected chi connectivity index (χ4v) is 3.11. The van der Waals surface area contributed by atoms with Crippen molar-refractivity contribution >= 4 is 39.0 Å². The molecular weight excluding hydrogens is 348 g/mol. The molecule has 7 nitrogen and oxygen atoms in total. The second-order valence-electron chi connectivity index (χ2n) is 4.71. The van der Waals surface area contributed by atoms with Gasteiger partial charge in [0.25, 0.3) is 0 Å². The van der Waals surface area contributed by atoms with Crippen molar-refractivity contribution in [2.45, 2.75) is 18.7 Å². The number of sulfone groups is 1. The van der Waals surface area contributed by atoms with Gasteiger partial charge in [0.15, 0.2) is 33.1 Å². The average molecular weight is 363 g/mol. The minimum atomic E-state index is -3.68. The topological polar surface area (TPSA) is 115 Å². The largest absolute Gasteiger partial charge is 0.491 e. The van der Waals surface area contributed by atoms with Crippen LogP contribution in [0, 0.1) is 5.92 Å². The van der Waals surface area contributed by atoms with Gasteiger partial charge >= 0.3 is 5.97 Å². The van der Waals surface area contributed by atoms with Gasteiger partial charge in [0.1, 0.15) is 4.90 Å². The van der Waals surface area contributed by atoms with Gasteiger partial charge in [-0.1, -0.05) is 11.6 Å². The first-order valence-corrected chi connectivity index (χ1v) is 8.72. The van der Waals surface area contributed by atoms with E-state index in [1.807, 2.05) is 0 Å². The van der Waals surface area contributed by atoms with Gasteiger partial charge in [-0.2, -0.15) is 0 Å². The molecule has 23 heavy (non-hydrogen) atoms. The molecule has 1 rings (SSSR count). The highest BCUT2D eigenvalue weighted by atomic mass is 35.5. The number of benzene rings is 1. The number of halogens is 1. The molecule has 0 aromatic heterocycles. The van der Waals surface area contributed by atoms with Crippen LogP contribution in [0.5, 0.6) is 5.75 Å². The summed E-state index contributed by atoms with van der Waals surface area (Å²) in [7, 11) is -3.68. The van der Waals surface area contributed by atoms with Gasteiger partial charge in [-0.25, -0.2) is 8.42 Å². The van der Waals surface area contributed by atoms with Crippen molar-refractivity contribution < 1.29 is 32.6 Å². The smallest absolute Gasteiger partial charge is 0.322 e. The Kier molecular flexibility index (Phi) is 5.90. The molecule has 0 fully saturated rings. The van der Waals surface area contributed by atoms with Crippen LogP contribution in [0.4, 0.5) is 0 Å². The Bertz CT molecular complexity index is 754. The number of carboxylic acids is 1. The van der Waals surface area contributed by atoms with E-state index in [-0.39, 0.29) is 27.8 Å². The fraction of sp³-hybridized carbons (Fsp3) is 0.357. The van der Waals surface area contributed by atoms with E-state index in [1.165, 1.54) is 0 Å². The fourth-order valence-electron chi connectivity index (χ4n) is 1.93. The molecule has 0 heterocycles. The molecule has 0 spiro atoms. The van der Waals surface area contributed by atoms with Crippen LogP contribution in [0.2, 0.25) is 5.02 Å². The number of hydrogen-bond donors (Lipinski definition) is 1. The Balaban J connectivity index is 3.57. The molecule has 0 amide bonds. The van der Waals surface area contributed by atoms with Gasteiger partial charge in [0, 0.05) is 11.8 Å². The number of aliphatic carboxylic acids is 1. The van der Waals surface area contributed by atoms with Crippen molar-refractivity contribution in [2.75, 3.05) is 12.9 Å². The second-order valence-corrected chi connectivity index (χ2v) is 7.07. The maximum atomic E-state index is 12.3. The molecule has 126 valence electrons. The molecular formula is C14H15ClO7S. The third-order valence-corrected chi connectivity index (χ3v) is 4.43. The quantitative estimate of drug-likeness (QED) is 0.578. The molecule has 0 saturated heterocycles. The number of carbonyl (C=O) groups excluding carboxylic acids is 2. The van der Waals surface area contributed by atoms with E-state index in [0.717, 1.165) is 25.3 Å². The highest BCUT2D eigenvalue weighted by Crippen LogP contribution is 2.36. The van der Waals surface area contributed by atoms with Crippen LogP contribution in [0.3, 0.4) is 0 Å². The minimum absolute atomic E-state index is 0.0783. The molecule has 0 saturated carbocycles. The Morgan fingerprint density at radius 1 is 1.30 bits per heavy atom. The Morgan fingerprint density at radius 3 is 2.26 bits per heavy atom. The molecule has 9 heteroatoms. The number of hydrogen-bond acceptors (Lipinski definition) is 6. The van der Waals surface area contributed by atoms with E-state index >= 15 is 0 Å². The first-order chi connectivity index (χ1) is 10.5. The van der Waals surface area contributed by atoms with Crippen molar-refractivity contribution in [2.24, 2.45) is 5.92 Å². The van der Waals surface area contributed by atoms with Crippen molar-refractivity contribution in [1.82, 2.24) is 0 Å². The molecule has 0 radical (unpaired) electrons. The van der Waals surface area contributed by atoms with E-state index < -0.39 is 33.3 Å². The molecule has 0 aliphatic heterocycles. The standard InChI is InChI=1S/C14H15ClO7S/c1-4-22-13-9(23(3,20)21)6-5-8(11(13)15)12(17)10(7(2)16)14(18)19/h5-6,10H,4H2,1-3H3,(H,18,19). The predicted molar refractivity (Wildman–Crippen MR) is 81.9 cm³/mol. The van der Waals surface area contributed by atoms with Gasteiger partial charge < -0.3 is 9.84 Å². The van der Waals surface area contributed by atoms with Crippen LogP contribution in [0.25, 0.3) is 0 Å². The monoisotopic (exact) mass is 362 g/mol. The molecule has 0 bridgehead atoms. The molecule has 1 aromatic rings. The van der Waals surface area contributed by atoms with Crippen LogP contribution in [-0.4, -0.2) is 43.9 Å². The SMILES string of the molecule is CCOc1c(S(C)(=O)=O)ccc(C(=O)C(C(C)=O)C(=O)O)c1Cl. The summed E-state index contributed by atoms with van der Waals surface area (Å²) < 4.78 is 28.7. The summed E-state index contributed by atoms with van der Waals surface area (Å²) >= 11 is 6.03. The summed E-state index contributed by atoms with van der Waals surface area (Å²) in [5.41, 5.74) is -0.287. The minimum Gasteiger partial charge on any atom is -0.491 e. The van der Waals surface area contributed by atoms with Gasteiger partial charge in [0.2, 0.25) is 0 Å². The van der Waals surface area contributed by atoms with Gasteiger partial charge in [0.05, 0.1) is 11.6 Å². The number of carbonyl (C=O) groups is 3. The number of ether oxygens (including phenoxy) is 1. The van der Waals surface area contributed by atoms with E-state index in [2.05, 4.69) is 0 Å². The number of rotatable bonds is 7. The van der Waals surface area contributed by atoms with Gasteiger partial charge in [-0.3, -0.25) is 14.4 Å². The van der Waals surface area contributed by atoms with Crippen molar-refractivity contribution in [3.63, 3.8) is 0 Å². The summed E-state index contributed by atoms with van der Waals surface area (Å²) in [6, 6.07) is 2.17. The zero-order valence-corrected chi connectivity index (χ0v) is 14.2. The maximum absolute atomic E-state index is 12.3.